The first-order chi connectivity index (χ1) is 9.01. The van der Waals surface area contributed by atoms with Crippen molar-refractivity contribution in [2.45, 2.75) is 19.4 Å². The molecule has 0 saturated carbocycles. The Bertz CT molecular complexity index is 475. The van der Waals surface area contributed by atoms with Crippen molar-refractivity contribution in [3.05, 3.63) is 33.9 Å². The van der Waals surface area contributed by atoms with Crippen LogP contribution in [0.3, 0.4) is 0 Å². The molecule has 0 aliphatic carbocycles. The van der Waals surface area contributed by atoms with Crippen LogP contribution in [0.1, 0.15) is 23.7 Å². The van der Waals surface area contributed by atoms with Crippen LogP contribution in [0.15, 0.2) is 18.2 Å². The lowest BCUT2D eigenvalue weighted by Crippen LogP contribution is -2.33. The van der Waals surface area contributed by atoms with Gasteiger partial charge in [-0.15, -0.1) is 0 Å². The maximum absolute atomic E-state index is 12.0. The highest BCUT2D eigenvalue weighted by Crippen LogP contribution is 2.30. The number of hydrogen-bond acceptors (Lipinski definition) is 5. The molecule has 0 aromatic heterocycles. The summed E-state index contributed by atoms with van der Waals surface area (Å²) in [7, 11) is 1.27. The summed E-state index contributed by atoms with van der Waals surface area (Å²) in [5.41, 5.74) is -0.161. The zero-order chi connectivity index (χ0) is 14.4. The summed E-state index contributed by atoms with van der Waals surface area (Å²) in [6, 6.07) is 3.91. The lowest BCUT2D eigenvalue weighted by atomic mass is 10.1. The number of aliphatic hydroxyl groups excluding tert-OH is 1. The van der Waals surface area contributed by atoms with Gasteiger partial charge in [-0.2, -0.15) is 0 Å². The predicted octanol–water partition coefficient (Wildman–Crippen LogP) is 1.10. The van der Waals surface area contributed by atoms with Crippen molar-refractivity contribution in [1.29, 1.82) is 0 Å². The summed E-state index contributed by atoms with van der Waals surface area (Å²) in [6.07, 6.45) is 0.406. The van der Waals surface area contributed by atoms with Crippen LogP contribution in [-0.2, 0) is 0 Å². The minimum atomic E-state index is -0.604. The van der Waals surface area contributed by atoms with E-state index in [1.54, 1.807) is 6.92 Å². The fraction of sp³-hybridized carbons (Fsp3) is 0.417. The van der Waals surface area contributed by atoms with Crippen LogP contribution in [-0.4, -0.2) is 35.7 Å². The average Bonchev–Trinajstić information content (AvgIpc) is 2.37. The number of nitrogens with zero attached hydrogens (tertiary/aromatic N) is 1. The van der Waals surface area contributed by atoms with E-state index in [1.807, 2.05) is 0 Å². The number of ether oxygens (including phenoxy) is 1. The standard InChI is InChI=1S/C12H16N2O5/c1-8(6-7-15)13-12(16)9-4-3-5-10(14(17)18)11(9)19-2/h3-5,8,15H,6-7H2,1-2H3,(H,13,16). The second kappa shape index (κ2) is 6.69. The van der Waals surface area contributed by atoms with Crippen LogP contribution in [0.4, 0.5) is 5.69 Å². The Kier molecular flexibility index (Phi) is 5.25. The van der Waals surface area contributed by atoms with E-state index >= 15 is 0 Å². The van der Waals surface area contributed by atoms with Crippen molar-refractivity contribution >= 4 is 11.6 Å². The Morgan fingerprint density at radius 2 is 2.26 bits per heavy atom. The van der Waals surface area contributed by atoms with E-state index in [0.717, 1.165) is 0 Å². The van der Waals surface area contributed by atoms with Crippen molar-refractivity contribution in [1.82, 2.24) is 5.32 Å². The molecule has 1 aromatic rings. The first kappa shape index (κ1) is 14.9. The Labute approximate surface area is 110 Å². The normalized spacial score (nSPS) is 11.7. The van der Waals surface area contributed by atoms with Gasteiger partial charge < -0.3 is 15.2 Å². The van der Waals surface area contributed by atoms with Crippen LogP contribution in [0.25, 0.3) is 0 Å². The number of nitro groups is 1. The molecular weight excluding hydrogens is 252 g/mol. The molecule has 0 radical (unpaired) electrons. The van der Waals surface area contributed by atoms with Crippen LogP contribution in [0.5, 0.6) is 5.75 Å². The number of hydrogen-bond donors (Lipinski definition) is 2. The number of amides is 1. The zero-order valence-electron chi connectivity index (χ0n) is 10.8. The lowest BCUT2D eigenvalue weighted by molar-refractivity contribution is -0.385. The summed E-state index contributed by atoms with van der Waals surface area (Å²) in [5, 5.41) is 22.2. The fourth-order valence-corrected chi connectivity index (χ4v) is 1.63. The molecule has 1 rings (SSSR count). The summed E-state index contributed by atoms with van der Waals surface area (Å²) in [4.78, 5) is 22.2. The van der Waals surface area contributed by atoms with Gasteiger partial charge in [-0.05, 0) is 19.4 Å². The fourth-order valence-electron chi connectivity index (χ4n) is 1.63. The van der Waals surface area contributed by atoms with E-state index in [9.17, 15) is 14.9 Å². The minimum absolute atomic E-state index is 0.0481. The van der Waals surface area contributed by atoms with Gasteiger partial charge in [0.2, 0.25) is 5.75 Å². The number of nitro benzene ring substituents is 1. The maximum Gasteiger partial charge on any atom is 0.311 e. The Morgan fingerprint density at radius 3 is 2.79 bits per heavy atom. The summed E-state index contributed by atoms with van der Waals surface area (Å²) < 4.78 is 4.95. The molecule has 7 heteroatoms. The third-order valence-corrected chi connectivity index (χ3v) is 2.58. The van der Waals surface area contributed by atoms with E-state index < -0.39 is 10.8 Å². The number of aliphatic hydroxyl groups is 1. The monoisotopic (exact) mass is 268 g/mol. The predicted molar refractivity (Wildman–Crippen MR) is 68.3 cm³/mol. The molecule has 0 fully saturated rings. The van der Waals surface area contributed by atoms with Gasteiger partial charge in [0.25, 0.3) is 5.91 Å². The molecule has 1 aromatic carbocycles. The lowest BCUT2D eigenvalue weighted by Gasteiger charge is -2.14. The maximum atomic E-state index is 12.0. The molecule has 0 saturated heterocycles. The third-order valence-electron chi connectivity index (χ3n) is 2.58. The highest BCUT2D eigenvalue weighted by molar-refractivity contribution is 5.98. The second-order valence-electron chi connectivity index (χ2n) is 4.00. The number of para-hydroxylation sites is 1. The SMILES string of the molecule is COc1c(C(=O)NC(C)CCO)cccc1[N+](=O)[O-]. The first-order valence-corrected chi connectivity index (χ1v) is 5.74. The van der Waals surface area contributed by atoms with Gasteiger partial charge in [0.05, 0.1) is 17.6 Å². The van der Waals surface area contributed by atoms with E-state index in [1.165, 1.54) is 25.3 Å². The quantitative estimate of drug-likeness (QED) is 0.594. The highest BCUT2D eigenvalue weighted by Gasteiger charge is 2.23. The van der Waals surface area contributed by atoms with Gasteiger partial charge >= 0.3 is 5.69 Å². The van der Waals surface area contributed by atoms with Crippen molar-refractivity contribution in [3.63, 3.8) is 0 Å². The summed E-state index contributed by atoms with van der Waals surface area (Å²) >= 11 is 0. The van der Waals surface area contributed by atoms with Gasteiger partial charge in [-0.1, -0.05) is 6.07 Å². The van der Waals surface area contributed by atoms with Crippen molar-refractivity contribution < 1.29 is 19.6 Å². The van der Waals surface area contributed by atoms with Crippen LogP contribution in [0, 0.1) is 10.1 Å². The molecule has 19 heavy (non-hydrogen) atoms. The Balaban J connectivity index is 3.03. The molecular formula is C12H16N2O5. The topological polar surface area (TPSA) is 102 Å². The van der Waals surface area contributed by atoms with Crippen LogP contribution in [0.2, 0.25) is 0 Å². The molecule has 1 atom stereocenters. The van der Waals surface area contributed by atoms with Gasteiger partial charge in [0.1, 0.15) is 0 Å². The second-order valence-corrected chi connectivity index (χ2v) is 4.00. The molecule has 0 aliphatic rings. The van der Waals surface area contributed by atoms with E-state index in [0.29, 0.717) is 6.42 Å². The molecule has 7 nitrogen and oxygen atoms in total. The number of carbonyl (C=O) groups excluding carboxylic acids is 1. The van der Waals surface area contributed by atoms with Gasteiger partial charge in [0, 0.05) is 18.7 Å². The molecule has 0 aliphatic heterocycles. The molecule has 1 amide bonds. The number of methoxy groups -OCH3 is 1. The summed E-state index contributed by atoms with van der Waals surface area (Å²) in [6.45, 7) is 1.69. The van der Waals surface area contributed by atoms with Crippen LogP contribution < -0.4 is 10.1 Å². The smallest absolute Gasteiger partial charge is 0.311 e. The van der Waals surface area contributed by atoms with E-state index in [4.69, 9.17) is 9.84 Å². The number of rotatable bonds is 6. The van der Waals surface area contributed by atoms with Crippen molar-refractivity contribution in [3.8, 4) is 5.75 Å². The van der Waals surface area contributed by atoms with Crippen molar-refractivity contribution in [2.75, 3.05) is 13.7 Å². The largest absolute Gasteiger partial charge is 0.490 e. The highest BCUT2D eigenvalue weighted by atomic mass is 16.6. The third kappa shape index (κ3) is 3.65. The van der Waals surface area contributed by atoms with Crippen molar-refractivity contribution in [2.24, 2.45) is 0 Å². The average molecular weight is 268 g/mol. The van der Waals surface area contributed by atoms with Gasteiger partial charge in [0.15, 0.2) is 0 Å². The zero-order valence-corrected chi connectivity index (χ0v) is 10.8. The molecule has 104 valence electrons. The van der Waals surface area contributed by atoms with Crippen LogP contribution >= 0.6 is 0 Å². The van der Waals surface area contributed by atoms with E-state index in [-0.39, 0.29) is 29.6 Å². The number of benzene rings is 1. The Morgan fingerprint density at radius 1 is 1.58 bits per heavy atom. The molecule has 1 unspecified atom stereocenters. The molecule has 0 bridgehead atoms. The Hall–Kier alpha value is -2.15. The van der Waals surface area contributed by atoms with Gasteiger partial charge in [-0.25, -0.2) is 0 Å². The number of nitrogens with one attached hydrogen (secondary N) is 1. The van der Waals surface area contributed by atoms with Gasteiger partial charge in [-0.3, -0.25) is 14.9 Å². The minimum Gasteiger partial charge on any atom is -0.490 e. The molecule has 0 spiro atoms. The summed E-state index contributed by atoms with van der Waals surface area (Å²) in [5.74, 6) is -0.539. The number of carbonyl (C=O) groups is 1. The molecule has 2 N–H and O–H groups in total. The van der Waals surface area contributed by atoms with E-state index in [2.05, 4.69) is 5.32 Å². The molecule has 0 heterocycles. The first-order valence-electron chi connectivity index (χ1n) is 5.74.